The first-order valence-corrected chi connectivity index (χ1v) is 6.81. The molecule has 0 aliphatic rings. The van der Waals surface area contributed by atoms with Gasteiger partial charge in [0.05, 0.1) is 5.69 Å². The van der Waals surface area contributed by atoms with Crippen LogP contribution in [0.5, 0.6) is 0 Å². The number of aromatic nitrogens is 2. The van der Waals surface area contributed by atoms with Gasteiger partial charge in [0.2, 0.25) is 0 Å². The average molecular weight is 343 g/mol. The lowest BCUT2D eigenvalue weighted by Crippen LogP contribution is -2.02. The first-order valence-electron chi connectivity index (χ1n) is 5.64. The van der Waals surface area contributed by atoms with Gasteiger partial charge in [-0.15, -0.1) is 0 Å². The third kappa shape index (κ3) is 3.89. The molecule has 0 aliphatic heterocycles. The molecular formula is C13H13BrClN3O. The number of benzene rings is 1. The van der Waals surface area contributed by atoms with Gasteiger partial charge in [-0.2, -0.15) is 0 Å². The zero-order valence-electron chi connectivity index (χ0n) is 10.6. The Hall–Kier alpha value is -1.17. The summed E-state index contributed by atoms with van der Waals surface area (Å²) >= 11 is 9.47. The van der Waals surface area contributed by atoms with Crippen LogP contribution in [0.2, 0.25) is 5.15 Å². The minimum atomic E-state index is 0.324. The van der Waals surface area contributed by atoms with Crippen molar-refractivity contribution >= 4 is 39.0 Å². The Morgan fingerprint density at radius 1 is 1.32 bits per heavy atom. The maximum Gasteiger partial charge on any atom is 0.158 e. The molecule has 4 nitrogen and oxygen atoms in total. The fourth-order valence-corrected chi connectivity index (χ4v) is 2.38. The molecule has 1 heterocycles. The largest absolute Gasteiger partial charge is 0.377 e. The second-order valence-corrected chi connectivity index (χ2v) is 5.28. The number of methoxy groups -OCH3 is 1. The normalized spacial score (nSPS) is 10.5. The quantitative estimate of drug-likeness (QED) is 0.850. The highest BCUT2D eigenvalue weighted by Crippen LogP contribution is 2.26. The van der Waals surface area contributed by atoms with Crippen molar-refractivity contribution in [3.8, 4) is 0 Å². The van der Waals surface area contributed by atoms with Gasteiger partial charge >= 0.3 is 0 Å². The second kappa shape index (κ2) is 6.32. The molecule has 0 atom stereocenters. The third-order valence-corrected chi connectivity index (χ3v) is 3.25. The van der Waals surface area contributed by atoms with Crippen LogP contribution < -0.4 is 5.32 Å². The van der Waals surface area contributed by atoms with E-state index < -0.39 is 0 Å². The second-order valence-electron chi connectivity index (χ2n) is 4.03. The van der Waals surface area contributed by atoms with Crippen LogP contribution in [0.1, 0.15) is 11.4 Å². The lowest BCUT2D eigenvalue weighted by molar-refractivity contribution is 0.178. The molecule has 1 N–H and O–H groups in total. The van der Waals surface area contributed by atoms with Crippen molar-refractivity contribution in [2.75, 3.05) is 12.4 Å². The van der Waals surface area contributed by atoms with Crippen molar-refractivity contribution in [2.45, 2.75) is 13.5 Å². The molecule has 100 valence electrons. The summed E-state index contributed by atoms with van der Waals surface area (Å²) in [6, 6.07) is 7.70. The van der Waals surface area contributed by atoms with Crippen molar-refractivity contribution in [3.05, 3.63) is 45.3 Å². The van der Waals surface area contributed by atoms with Gasteiger partial charge in [0.25, 0.3) is 0 Å². The van der Waals surface area contributed by atoms with Gasteiger partial charge < -0.3 is 10.1 Å². The van der Waals surface area contributed by atoms with Crippen molar-refractivity contribution < 1.29 is 4.74 Å². The van der Waals surface area contributed by atoms with Crippen LogP contribution in [0.4, 0.5) is 11.5 Å². The molecule has 2 aromatic rings. The molecule has 2 rings (SSSR count). The molecular weight excluding hydrogens is 330 g/mol. The molecule has 0 saturated heterocycles. The molecule has 0 bridgehead atoms. The van der Waals surface area contributed by atoms with E-state index in [-0.39, 0.29) is 0 Å². The van der Waals surface area contributed by atoms with Gasteiger partial charge in [0, 0.05) is 17.6 Å². The molecule has 0 radical (unpaired) electrons. The first kappa shape index (κ1) is 14.2. The van der Waals surface area contributed by atoms with Crippen LogP contribution in [0, 0.1) is 6.92 Å². The zero-order chi connectivity index (χ0) is 13.8. The predicted molar refractivity (Wildman–Crippen MR) is 79.9 cm³/mol. The number of hydrogen-bond acceptors (Lipinski definition) is 4. The number of aryl methyl sites for hydroxylation is 1. The SMILES string of the molecule is COCc1nc(Cl)cc(Nc2ccc(C)cc2Br)n1. The van der Waals surface area contributed by atoms with Gasteiger partial charge in [0.15, 0.2) is 5.82 Å². The number of anilines is 2. The summed E-state index contributed by atoms with van der Waals surface area (Å²) in [5, 5.41) is 3.58. The Labute approximate surface area is 125 Å². The van der Waals surface area contributed by atoms with E-state index in [0.717, 1.165) is 10.2 Å². The van der Waals surface area contributed by atoms with Crippen LogP contribution in [0.25, 0.3) is 0 Å². The van der Waals surface area contributed by atoms with Crippen molar-refractivity contribution in [1.29, 1.82) is 0 Å². The zero-order valence-corrected chi connectivity index (χ0v) is 12.9. The molecule has 0 amide bonds. The maximum absolute atomic E-state index is 5.96. The average Bonchev–Trinajstić information content (AvgIpc) is 2.32. The Morgan fingerprint density at radius 2 is 2.11 bits per heavy atom. The van der Waals surface area contributed by atoms with Gasteiger partial charge in [-0.05, 0) is 40.5 Å². The van der Waals surface area contributed by atoms with Gasteiger partial charge in [-0.25, -0.2) is 9.97 Å². The summed E-state index contributed by atoms with van der Waals surface area (Å²) in [6.45, 7) is 2.36. The number of nitrogens with one attached hydrogen (secondary N) is 1. The van der Waals surface area contributed by atoms with Gasteiger partial charge in [-0.1, -0.05) is 17.7 Å². The van der Waals surface area contributed by atoms with E-state index in [9.17, 15) is 0 Å². The summed E-state index contributed by atoms with van der Waals surface area (Å²) in [5.74, 6) is 1.18. The highest BCUT2D eigenvalue weighted by molar-refractivity contribution is 9.10. The molecule has 0 aliphatic carbocycles. The molecule has 0 saturated carbocycles. The van der Waals surface area contributed by atoms with E-state index in [4.69, 9.17) is 16.3 Å². The standard InChI is InChI=1S/C13H13BrClN3O/c1-8-3-4-10(9(14)5-8)16-12-6-11(15)17-13(18-12)7-19-2/h3-6H,7H2,1-2H3,(H,16,17,18). The van der Waals surface area contributed by atoms with Crippen LogP contribution in [0.3, 0.4) is 0 Å². The molecule has 0 fully saturated rings. The van der Waals surface area contributed by atoms with Crippen molar-refractivity contribution in [1.82, 2.24) is 9.97 Å². The maximum atomic E-state index is 5.96. The van der Waals surface area contributed by atoms with Crippen LogP contribution >= 0.6 is 27.5 Å². The molecule has 6 heteroatoms. The number of nitrogens with zero attached hydrogens (tertiary/aromatic N) is 2. The summed E-state index contributed by atoms with van der Waals surface area (Å²) in [6.07, 6.45) is 0. The van der Waals surface area contributed by atoms with E-state index in [2.05, 4.69) is 31.2 Å². The van der Waals surface area contributed by atoms with Crippen LogP contribution in [-0.2, 0) is 11.3 Å². The molecule has 19 heavy (non-hydrogen) atoms. The topological polar surface area (TPSA) is 47.0 Å². The number of ether oxygens (including phenoxy) is 1. The van der Waals surface area contributed by atoms with Gasteiger partial charge in [0.1, 0.15) is 17.6 Å². The Bertz CT molecular complexity index is 592. The fraction of sp³-hybridized carbons (Fsp3) is 0.231. The van der Waals surface area contributed by atoms with E-state index in [1.165, 1.54) is 5.56 Å². The fourth-order valence-electron chi connectivity index (χ4n) is 1.58. The molecule has 0 spiro atoms. The highest BCUT2D eigenvalue weighted by Gasteiger charge is 2.06. The van der Waals surface area contributed by atoms with E-state index >= 15 is 0 Å². The Kier molecular flexibility index (Phi) is 4.74. The Morgan fingerprint density at radius 3 is 2.79 bits per heavy atom. The molecule has 0 unspecified atom stereocenters. The predicted octanol–water partition coefficient (Wildman–Crippen LogP) is 4.09. The Balaban J connectivity index is 2.27. The number of hydrogen-bond donors (Lipinski definition) is 1. The summed E-state index contributed by atoms with van der Waals surface area (Å²) in [4.78, 5) is 8.41. The smallest absolute Gasteiger partial charge is 0.158 e. The number of halogens is 2. The highest BCUT2D eigenvalue weighted by atomic mass is 79.9. The van der Waals surface area contributed by atoms with Crippen molar-refractivity contribution in [3.63, 3.8) is 0 Å². The summed E-state index contributed by atoms with van der Waals surface area (Å²) in [7, 11) is 1.59. The summed E-state index contributed by atoms with van der Waals surface area (Å²) < 4.78 is 5.97. The minimum absolute atomic E-state index is 0.324. The van der Waals surface area contributed by atoms with Crippen LogP contribution in [-0.4, -0.2) is 17.1 Å². The lowest BCUT2D eigenvalue weighted by Gasteiger charge is -2.10. The first-order chi connectivity index (χ1) is 9.08. The van der Waals surface area contributed by atoms with E-state index in [1.807, 2.05) is 25.1 Å². The van der Waals surface area contributed by atoms with Crippen LogP contribution in [0.15, 0.2) is 28.7 Å². The molecule has 1 aromatic carbocycles. The van der Waals surface area contributed by atoms with Gasteiger partial charge in [-0.3, -0.25) is 0 Å². The lowest BCUT2D eigenvalue weighted by atomic mass is 10.2. The summed E-state index contributed by atoms with van der Waals surface area (Å²) in [5.41, 5.74) is 2.10. The van der Waals surface area contributed by atoms with E-state index in [0.29, 0.717) is 23.4 Å². The van der Waals surface area contributed by atoms with E-state index in [1.54, 1.807) is 13.2 Å². The minimum Gasteiger partial charge on any atom is -0.377 e. The third-order valence-electron chi connectivity index (χ3n) is 2.40. The van der Waals surface area contributed by atoms with Crippen molar-refractivity contribution in [2.24, 2.45) is 0 Å². The number of rotatable bonds is 4. The molecule has 1 aromatic heterocycles. The monoisotopic (exact) mass is 341 g/mol.